The summed E-state index contributed by atoms with van der Waals surface area (Å²) < 4.78 is 17.0. The second-order valence-corrected chi connectivity index (χ2v) is 9.50. The first-order chi connectivity index (χ1) is 18.6. The quantitative estimate of drug-likeness (QED) is 0.237. The van der Waals surface area contributed by atoms with Crippen LogP contribution in [0, 0.1) is 6.92 Å². The summed E-state index contributed by atoms with van der Waals surface area (Å²) in [5.41, 5.74) is 3.62. The average Bonchev–Trinajstić information content (AvgIpc) is 3.39. The zero-order valence-electron chi connectivity index (χ0n) is 20.9. The SMILES string of the molecule is COc1cc(OC)c2c(Oc3ccc(Nc4nnc(-c5cc(C)cs5)c5ccccc45)cc3)ncnc2c1. The second kappa shape index (κ2) is 9.95. The van der Waals surface area contributed by atoms with Crippen molar-refractivity contribution in [3.63, 3.8) is 0 Å². The van der Waals surface area contributed by atoms with E-state index in [1.807, 2.05) is 42.5 Å². The lowest BCUT2D eigenvalue weighted by atomic mass is 10.1. The maximum absolute atomic E-state index is 6.12. The Morgan fingerprint density at radius 1 is 0.816 bits per heavy atom. The summed E-state index contributed by atoms with van der Waals surface area (Å²) in [6.45, 7) is 2.08. The standard InChI is InChI=1S/C29H23N5O3S/c1-17-12-25(38-15-17)27-21-6-4-5-7-22(21)28(34-33-27)32-18-8-10-19(11-9-18)37-29-26-23(30-16-31-29)13-20(35-2)14-24(26)36-3/h4-16H,1-3H3,(H,32,34). The Morgan fingerprint density at radius 3 is 2.37 bits per heavy atom. The molecule has 8 nitrogen and oxygen atoms in total. The van der Waals surface area contributed by atoms with E-state index in [1.165, 1.54) is 11.9 Å². The van der Waals surface area contributed by atoms with E-state index in [4.69, 9.17) is 14.2 Å². The molecule has 38 heavy (non-hydrogen) atoms. The zero-order chi connectivity index (χ0) is 26.1. The Balaban J connectivity index is 1.28. The van der Waals surface area contributed by atoms with Crippen LogP contribution in [0.2, 0.25) is 0 Å². The Labute approximate surface area is 222 Å². The molecule has 3 aromatic carbocycles. The van der Waals surface area contributed by atoms with Crippen molar-refractivity contribution in [3.8, 4) is 33.7 Å². The summed E-state index contributed by atoms with van der Waals surface area (Å²) >= 11 is 1.67. The zero-order valence-corrected chi connectivity index (χ0v) is 21.7. The van der Waals surface area contributed by atoms with E-state index in [2.05, 4.69) is 56.0 Å². The van der Waals surface area contributed by atoms with Gasteiger partial charge in [-0.2, -0.15) is 0 Å². The fourth-order valence-electron chi connectivity index (χ4n) is 4.25. The summed E-state index contributed by atoms with van der Waals surface area (Å²) in [5.74, 6) is 2.91. The first-order valence-corrected chi connectivity index (χ1v) is 12.7. The van der Waals surface area contributed by atoms with Crippen molar-refractivity contribution in [1.29, 1.82) is 0 Å². The van der Waals surface area contributed by atoms with Crippen molar-refractivity contribution in [2.24, 2.45) is 0 Å². The molecule has 1 N–H and O–H groups in total. The number of benzene rings is 3. The van der Waals surface area contributed by atoms with Gasteiger partial charge in [0.2, 0.25) is 5.88 Å². The van der Waals surface area contributed by atoms with Gasteiger partial charge in [-0.25, -0.2) is 9.97 Å². The third-order valence-corrected chi connectivity index (χ3v) is 7.13. The number of aromatic nitrogens is 4. The van der Waals surface area contributed by atoms with Gasteiger partial charge in [0.25, 0.3) is 0 Å². The lowest BCUT2D eigenvalue weighted by Crippen LogP contribution is -1.99. The van der Waals surface area contributed by atoms with Crippen molar-refractivity contribution in [2.75, 3.05) is 19.5 Å². The lowest BCUT2D eigenvalue weighted by Gasteiger charge is -2.13. The Hall–Kier alpha value is -4.76. The van der Waals surface area contributed by atoms with Crippen LogP contribution >= 0.6 is 11.3 Å². The molecular formula is C29H23N5O3S. The van der Waals surface area contributed by atoms with Crippen molar-refractivity contribution in [1.82, 2.24) is 20.2 Å². The number of thiophene rings is 1. The van der Waals surface area contributed by atoms with Gasteiger partial charge in [0, 0.05) is 28.6 Å². The summed E-state index contributed by atoms with van der Waals surface area (Å²) in [6.07, 6.45) is 1.46. The van der Waals surface area contributed by atoms with E-state index < -0.39 is 0 Å². The molecule has 0 atom stereocenters. The van der Waals surface area contributed by atoms with Crippen LogP contribution in [0.4, 0.5) is 11.5 Å². The third kappa shape index (κ3) is 4.44. The number of ether oxygens (including phenoxy) is 3. The molecule has 0 spiro atoms. The molecule has 0 unspecified atom stereocenters. The fraction of sp³-hybridized carbons (Fsp3) is 0.103. The van der Waals surface area contributed by atoms with E-state index in [-0.39, 0.29) is 0 Å². The molecule has 0 bridgehead atoms. The van der Waals surface area contributed by atoms with E-state index in [9.17, 15) is 0 Å². The Kier molecular flexibility index (Phi) is 6.19. The largest absolute Gasteiger partial charge is 0.497 e. The lowest BCUT2D eigenvalue weighted by molar-refractivity contribution is 0.395. The van der Waals surface area contributed by atoms with Crippen LogP contribution in [0.5, 0.6) is 23.1 Å². The number of hydrogen-bond donors (Lipinski definition) is 1. The summed E-state index contributed by atoms with van der Waals surface area (Å²) in [4.78, 5) is 9.78. The van der Waals surface area contributed by atoms with Gasteiger partial charge in [-0.05, 0) is 48.2 Å². The topological polar surface area (TPSA) is 91.3 Å². The Morgan fingerprint density at radius 2 is 1.63 bits per heavy atom. The molecule has 9 heteroatoms. The molecule has 0 aliphatic rings. The number of hydrogen-bond acceptors (Lipinski definition) is 9. The van der Waals surface area contributed by atoms with Crippen LogP contribution in [0.1, 0.15) is 5.56 Å². The number of nitrogens with zero attached hydrogens (tertiary/aromatic N) is 4. The number of methoxy groups -OCH3 is 2. The summed E-state index contributed by atoms with van der Waals surface area (Å²) in [6, 6.07) is 21.5. The fourth-order valence-corrected chi connectivity index (χ4v) is 5.14. The van der Waals surface area contributed by atoms with Gasteiger partial charge in [0.15, 0.2) is 5.82 Å². The van der Waals surface area contributed by atoms with Crippen molar-refractivity contribution < 1.29 is 14.2 Å². The minimum atomic E-state index is 0.395. The molecule has 0 radical (unpaired) electrons. The first kappa shape index (κ1) is 23.6. The normalized spacial score (nSPS) is 11.0. The molecule has 0 saturated heterocycles. The molecule has 0 amide bonds. The smallest absolute Gasteiger partial charge is 0.233 e. The van der Waals surface area contributed by atoms with Gasteiger partial charge in [-0.3, -0.25) is 0 Å². The molecular weight excluding hydrogens is 498 g/mol. The van der Waals surface area contributed by atoms with Crippen LogP contribution in [0.15, 0.2) is 78.4 Å². The van der Waals surface area contributed by atoms with E-state index in [1.54, 1.807) is 31.6 Å². The van der Waals surface area contributed by atoms with Gasteiger partial charge < -0.3 is 19.5 Å². The van der Waals surface area contributed by atoms with Crippen molar-refractivity contribution in [3.05, 3.63) is 84.0 Å². The molecule has 6 aromatic rings. The number of rotatable bonds is 7. The van der Waals surface area contributed by atoms with Gasteiger partial charge >= 0.3 is 0 Å². The molecule has 0 aliphatic heterocycles. The molecule has 188 valence electrons. The summed E-state index contributed by atoms with van der Waals surface area (Å²) in [5, 5.41) is 17.3. The number of nitrogens with one attached hydrogen (secondary N) is 1. The highest BCUT2D eigenvalue weighted by Gasteiger charge is 2.15. The summed E-state index contributed by atoms with van der Waals surface area (Å²) in [7, 11) is 3.19. The maximum Gasteiger partial charge on any atom is 0.233 e. The second-order valence-electron chi connectivity index (χ2n) is 8.59. The molecule has 6 rings (SSSR count). The molecule has 0 fully saturated rings. The van der Waals surface area contributed by atoms with Gasteiger partial charge in [-0.1, -0.05) is 24.3 Å². The third-order valence-electron chi connectivity index (χ3n) is 6.08. The Bertz CT molecular complexity index is 1770. The van der Waals surface area contributed by atoms with E-state index >= 15 is 0 Å². The number of fused-ring (bicyclic) bond motifs is 2. The van der Waals surface area contributed by atoms with Crippen molar-refractivity contribution in [2.45, 2.75) is 6.92 Å². The predicted octanol–water partition coefficient (Wildman–Crippen LogP) is 7.16. The monoisotopic (exact) mass is 521 g/mol. The predicted molar refractivity (Wildman–Crippen MR) is 150 cm³/mol. The number of aryl methyl sites for hydroxylation is 1. The molecule has 3 aromatic heterocycles. The molecule has 0 aliphatic carbocycles. The van der Waals surface area contributed by atoms with Gasteiger partial charge in [-0.15, -0.1) is 21.5 Å². The van der Waals surface area contributed by atoms with Crippen molar-refractivity contribution >= 4 is 44.5 Å². The highest BCUT2D eigenvalue weighted by molar-refractivity contribution is 7.13. The van der Waals surface area contributed by atoms with Gasteiger partial charge in [0.05, 0.1) is 24.6 Å². The highest BCUT2D eigenvalue weighted by atomic mass is 32.1. The van der Waals surface area contributed by atoms with Gasteiger partial charge in [0.1, 0.15) is 34.7 Å². The minimum Gasteiger partial charge on any atom is -0.497 e. The van der Waals surface area contributed by atoms with Crippen LogP contribution < -0.4 is 19.5 Å². The van der Waals surface area contributed by atoms with Crippen LogP contribution in [-0.4, -0.2) is 34.4 Å². The minimum absolute atomic E-state index is 0.395. The first-order valence-electron chi connectivity index (χ1n) is 11.9. The maximum atomic E-state index is 6.12. The molecule has 3 heterocycles. The highest BCUT2D eigenvalue weighted by Crippen LogP contribution is 2.38. The van der Waals surface area contributed by atoms with E-state index in [0.717, 1.165) is 27.0 Å². The van der Waals surface area contributed by atoms with E-state index in [0.29, 0.717) is 39.8 Å². The average molecular weight is 522 g/mol. The molecule has 0 saturated carbocycles. The number of anilines is 2. The van der Waals surface area contributed by atoms with Crippen LogP contribution in [0.25, 0.3) is 32.2 Å². The van der Waals surface area contributed by atoms with Crippen LogP contribution in [0.3, 0.4) is 0 Å². The van der Waals surface area contributed by atoms with Crippen LogP contribution in [-0.2, 0) is 0 Å².